The summed E-state index contributed by atoms with van der Waals surface area (Å²) in [6.45, 7) is 0.213. The van der Waals surface area contributed by atoms with Gasteiger partial charge in [0.25, 0.3) is 0 Å². The van der Waals surface area contributed by atoms with Crippen molar-refractivity contribution in [3.8, 4) is 0 Å². The molecule has 2 rings (SSSR count). The monoisotopic (exact) mass is 156 g/mol. The molecule has 0 aromatic rings. The van der Waals surface area contributed by atoms with Gasteiger partial charge in [-0.05, 0) is 37.5 Å². The molecule has 2 nitrogen and oxygen atoms in total. The first-order valence-electron chi connectivity index (χ1n) is 4.47. The van der Waals surface area contributed by atoms with Crippen LogP contribution in [-0.2, 0) is 4.74 Å². The van der Waals surface area contributed by atoms with Crippen LogP contribution >= 0.6 is 0 Å². The summed E-state index contributed by atoms with van der Waals surface area (Å²) in [4.78, 5) is 0. The predicted octanol–water partition coefficient (Wildman–Crippen LogP) is 1.18. The number of fused-ring (bicyclic) bond motifs is 2. The van der Waals surface area contributed by atoms with Crippen LogP contribution in [0.4, 0.5) is 0 Å². The quantitative estimate of drug-likeness (QED) is 0.650. The molecule has 3 atom stereocenters. The third kappa shape index (κ3) is 0.926. The molecule has 1 N–H and O–H groups in total. The summed E-state index contributed by atoms with van der Waals surface area (Å²) in [5, 5.41) is 9.21. The highest BCUT2D eigenvalue weighted by Gasteiger charge is 2.50. The van der Waals surface area contributed by atoms with Crippen LogP contribution in [0.5, 0.6) is 0 Å². The number of rotatable bonds is 2. The normalized spacial score (nSPS) is 48.5. The smallest absolute Gasteiger partial charge is 0.0938 e. The van der Waals surface area contributed by atoms with E-state index in [-0.39, 0.29) is 12.2 Å². The molecule has 0 aliphatic heterocycles. The van der Waals surface area contributed by atoms with Gasteiger partial charge in [0.2, 0.25) is 0 Å². The Bertz CT molecular complexity index is 152. The minimum absolute atomic E-state index is 0.150. The van der Waals surface area contributed by atoms with Crippen molar-refractivity contribution in [3.63, 3.8) is 0 Å². The molecule has 2 fully saturated rings. The number of aliphatic hydroxyl groups excluding tert-OH is 1. The van der Waals surface area contributed by atoms with Crippen LogP contribution in [0.3, 0.4) is 0 Å². The summed E-state index contributed by atoms with van der Waals surface area (Å²) in [7, 11) is 1.73. The van der Waals surface area contributed by atoms with E-state index in [0.29, 0.717) is 5.92 Å². The molecular formula is C9H16O2. The van der Waals surface area contributed by atoms with Crippen LogP contribution in [0.25, 0.3) is 0 Å². The van der Waals surface area contributed by atoms with Crippen LogP contribution < -0.4 is 0 Å². The lowest BCUT2D eigenvalue weighted by Crippen LogP contribution is -2.41. The largest absolute Gasteiger partial charge is 0.393 e. The molecule has 11 heavy (non-hydrogen) atoms. The van der Waals surface area contributed by atoms with Gasteiger partial charge in [-0.25, -0.2) is 0 Å². The van der Waals surface area contributed by atoms with Gasteiger partial charge >= 0.3 is 0 Å². The zero-order valence-corrected chi connectivity index (χ0v) is 7.05. The van der Waals surface area contributed by atoms with E-state index >= 15 is 0 Å². The Hall–Kier alpha value is -0.0800. The fourth-order valence-corrected chi connectivity index (χ4v) is 2.90. The Morgan fingerprint density at radius 1 is 1.55 bits per heavy atom. The fourth-order valence-electron chi connectivity index (χ4n) is 2.90. The molecule has 0 heterocycles. The topological polar surface area (TPSA) is 29.5 Å². The highest BCUT2D eigenvalue weighted by molar-refractivity contribution is 5.01. The standard InChI is InChI=1S/C9H16O2/c1-11-9(6-10)5-7-2-3-8(9)4-7/h7-8,10H,2-6H2,1H3. The Kier molecular flexibility index (Phi) is 1.69. The average molecular weight is 156 g/mol. The van der Waals surface area contributed by atoms with E-state index in [1.165, 1.54) is 19.3 Å². The van der Waals surface area contributed by atoms with E-state index in [4.69, 9.17) is 4.74 Å². The molecule has 2 heteroatoms. The van der Waals surface area contributed by atoms with E-state index < -0.39 is 0 Å². The van der Waals surface area contributed by atoms with Crippen molar-refractivity contribution in [2.75, 3.05) is 13.7 Å². The molecule has 0 aromatic carbocycles. The Balaban J connectivity index is 2.14. The first kappa shape index (κ1) is 7.56. The van der Waals surface area contributed by atoms with Gasteiger partial charge in [-0.2, -0.15) is 0 Å². The van der Waals surface area contributed by atoms with Gasteiger partial charge in [-0.3, -0.25) is 0 Å². The number of hydrogen-bond acceptors (Lipinski definition) is 2. The van der Waals surface area contributed by atoms with Crippen molar-refractivity contribution in [2.24, 2.45) is 11.8 Å². The lowest BCUT2D eigenvalue weighted by atomic mass is 9.85. The van der Waals surface area contributed by atoms with Crippen molar-refractivity contribution in [1.29, 1.82) is 0 Å². The summed E-state index contributed by atoms with van der Waals surface area (Å²) in [6, 6.07) is 0. The fraction of sp³-hybridized carbons (Fsp3) is 1.00. The Morgan fingerprint density at radius 2 is 2.36 bits per heavy atom. The molecule has 0 aromatic heterocycles. The second kappa shape index (κ2) is 2.46. The maximum absolute atomic E-state index is 9.21. The van der Waals surface area contributed by atoms with Crippen molar-refractivity contribution >= 4 is 0 Å². The molecule has 64 valence electrons. The van der Waals surface area contributed by atoms with E-state index in [9.17, 15) is 5.11 Å². The summed E-state index contributed by atoms with van der Waals surface area (Å²) in [5.74, 6) is 1.48. The summed E-state index contributed by atoms with van der Waals surface area (Å²) < 4.78 is 5.43. The summed E-state index contributed by atoms with van der Waals surface area (Å²) in [5.41, 5.74) is -0.150. The van der Waals surface area contributed by atoms with Crippen molar-refractivity contribution in [3.05, 3.63) is 0 Å². The molecule has 0 radical (unpaired) electrons. The molecule has 2 aliphatic carbocycles. The van der Waals surface area contributed by atoms with Gasteiger partial charge in [-0.1, -0.05) is 0 Å². The van der Waals surface area contributed by atoms with Gasteiger partial charge in [0, 0.05) is 7.11 Å². The average Bonchev–Trinajstić information content (AvgIpc) is 2.62. The molecular weight excluding hydrogens is 140 g/mol. The SMILES string of the molecule is COC1(CO)CC2CCC1C2. The highest BCUT2D eigenvalue weighted by atomic mass is 16.5. The van der Waals surface area contributed by atoms with Crippen molar-refractivity contribution < 1.29 is 9.84 Å². The summed E-state index contributed by atoms with van der Waals surface area (Å²) >= 11 is 0. The van der Waals surface area contributed by atoms with E-state index in [1.807, 2.05) is 0 Å². The first-order chi connectivity index (χ1) is 5.30. The Morgan fingerprint density at radius 3 is 2.64 bits per heavy atom. The molecule has 0 spiro atoms. The second-order valence-electron chi connectivity index (χ2n) is 4.01. The second-order valence-corrected chi connectivity index (χ2v) is 4.01. The minimum Gasteiger partial charge on any atom is -0.393 e. The van der Waals surface area contributed by atoms with Gasteiger partial charge in [0.15, 0.2) is 0 Å². The van der Waals surface area contributed by atoms with Crippen molar-refractivity contribution in [1.82, 2.24) is 0 Å². The van der Waals surface area contributed by atoms with Crippen LogP contribution in [0.2, 0.25) is 0 Å². The number of ether oxygens (including phenoxy) is 1. The molecule has 2 saturated carbocycles. The number of methoxy groups -OCH3 is 1. The maximum atomic E-state index is 9.21. The Labute approximate surface area is 67.6 Å². The third-order valence-electron chi connectivity index (χ3n) is 3.59. The zero-order chi connectivity index (χ0) is 7.90. The predicted molar refractivity (Wildman–Crippen MR) is 42.3 cm³/mol. The van der Waals surface area contributed by atoms with Crippen LogP contribution in [-0.4, -0.2) is 24.4 Å². The van der Waals surface area contributed by atoms with Gasteiger partial charge in [0.05, 0.1) is 12.2 Å². The first-order valence-corrected chi connectivity index (χ1v) is 4.47. The van der Waals surface area contributed by atoms with E-state index in [0.717, 1.165) is 12.3 Å². The molecule has 0 saturated heterocycles. The van der Waals surface area contributed by atoms with Crippen molar-refractivity contribution in [2.45, 2.75) is 31.3 Å². The molecule has 0 amide bonds. The number of aliphatic hydroxyl groups is 1. The van der Waals surface area contributed by atoms with Gasteiger partial charge in [0.1, 0.15) is 0 Å². The van der Waals surface area contributed by atoms with Crippen LogP contribution in [0, 0.1) is 11.8 Å². The van der Waals surface area contributed by atoms with E-state index in [2.05, 4.69) is 0 Å². The lowest BCUT2D eigenvalue weighted by Gasteiger charge is -2.34. The van der Waals surface area contributed by atoms with Gasteiger partial charge < -0.3 is 9.84 Å². The molecule has 2 aliphatic rings. The van der Waals surface area contributed by atoms with Gasteiger partial charge in [-0.15, -0.1) is 0 Å². The van der Waals surface area contributed by atoms with E-state index in [1.54, 1.807) is 7.11 Å². The minimum atomic E-state index is -0.150. The molecule has 3 unspecified atom stereocenters. The van der Waals surface area contributed by atoms with Crippen LogP contribution in [0.15, 0.2) is 0 Å². The summed E-state index contributed by atoms with van der Waals surface area (Å²) in [6.07, 6.45) is 4.99. The molecule has 2 bridgehead atoms. The zero-order valence-electron chi connectivity index (χ0n) is 7.05. The highest BCUT2D eigenvalue weighted by Crippen LogP contribution is 2.51. The lowest BCUT2D eigenvalue weighted by molar-refractivity contribution is -0.0885. The van der Waals surface area contributed by atoms with Crippen LogP contribution in [0.1, 0.15) is 25.7 Å². The maximum Gasteiger partial charge on any atom is 0.0938 e. The third-order valence-corrected chi connectivity index (χ3v) is 3.59. The number of hydrogen-bond donors (Lipinski definition) is 1.